The number of thiophene rings is 1. The fourth-order valence-corrected chi connectivity index (χ4v) is 4.03. The van der Waals surface area contributed by atoms with Gasteiger partial charge in [0.2, 0.25) is 5.95 Å². The normalized spacial score (nSPS) is 12.3. The lowest BCUT2D eigenvalue weighted by Crippen LogP contribution is -2.10. The van der Waals surface area contributed by atoms with E-state index in [-0.39, 0.29) is 0 Å². The molecule has 3 aromatic heterocycles. The molecular weight excluding hydrogens is 382 g/mol. The van der Waals surface area contributed by atoms with Gasteiger partial charge in [-0.3, -0.25) is 4.68 Å². The topological polar surface area (TPSA) is 94.5 Å². The smallest absolute Gasteiger partial charge is 0.226 e. The minimum Gasteiger partial charge on any atom is -0.402 e. The maximum absolute atomic E-state index is 6.28. The summed E-state index contributed by atoms with van der Waals surface area (Å²) in [5, 5.41) is 10.9. The molecule has 0 saturated carbocycles. The number of nitrogens with zero attached hydrogens (tertiary/aromatic N) is 5. The van der Waals surface area contributed by atoms with Crippen molar-refractivity contribution in [3.8, 4) is 0 Å². The standard InChI is InChI=1S/C21H23N7S/c1-12(22)19(15-7-8-18-17(10-15)13(2)27-28(18)4)20-24-14(3)25-21(26-20)23-11-16-6-5-9-29-16/h5-10H,11,22H2,1-4H3,(H,23,24,25,26). The molecule has 8 heteroatoms. The van der Waals surface area contributed by atoms with Crippen LogP contribution in [0.4, 0.5) is 5.95 Å². The van der Waals surface area contributed by atoms with Gasteiger partial charge in [-0.05, 0) is 49.9 Å². The number of aromatic nitrogens is 5. The van der Waals surface area contributed by atoms with Crippen molar-refractivity contribution >= 4 is 33.8 Å². The molecular formula is C21H23N7S. The Morgan fingerprint density at radius 3 is 2.72 bits per heavy atom. The van der Waals surface area contributed by atoms with Crippen LogP contribution >= 0.6 is 11.3 Å². The molecule has 0 aliphatic carbocycles. The minimum absolute atomic E-state index is 0.540. The van der Waals surface area contributed by atoms with E-state index in [4.69, 9.17) is 5.73 Å². The Kier molecular flexibility index (Phi) is 5.02. The molecule has 0 spiro atoms. The summed E-state index contributed by atoms with van der Waals surface area (Å²) < 4.78 is 1.88. The van der Waals surface area contributed by atoms with E-state index in [0.29, 0.717) is 29.8 Å². The molecule has 0 aliphatic heterocycles. The van der Waals surface area contributed by atoms with Crippen LogP contribution in [0.2, 0.25) is 0 Å². The molecule has 1 aromatic carbocycles. The van der Waals surface area contributed by atoms with Gasteiger partial charge in [0.15, 0.2) is 5.82 Å². The van der Waals surface area contributed by atoms with Crippen molar-refractivity contribution in [1.29, 1.82) is 0 Å². The first-order valence-electron chi connectivity index (χ1n) is 9.32. The number of fused-ring (bicyclic) bond motifs is 1. The molecule has 3 N–H and O–H groups in total. The zero-order chi connectivity index (χ0) is 20.5. The number of nitrogens with one attached hydrogen (secondary N) is 1. The van der Waals surface area contributed by atoms with E-state index >= 15 is 0 Å². The maximum atomic E-state index is 6.28. The first-order valence-corrected chi connectivity index (χ1v) is 10.2. The molecule has 4 aromatic rings. The van der Waals surface area contributed by atoms with Gasteiger partial charge in [0, 0.05) is 28.6 Å². The summed E-state index contributed by atoms with van der Waals surface area (Å²) in [7, 11) is 1.95. The van der Waals surface area contributed by atoms with Gasteiger partial charge in [0.05, 0.1) is 17.8 Å². The first kappa shape index (κ1) is 19.1. The molecule has 0 fully saturated rings. The molecule has 7 nitrogen and oxygen atoms in total. The largest absolute Gasteiger partial charge is 0.402 e. The number of allylic oxidation sites excluding steroid dienone is 1. The number of benzene rings is 1. The fourth-order valence-electron chi connectivity index (χ4n) is 3.38. The van der Waals surface area contributed by atoms with Crippen LogP contribution in [-0.2, 0) is 13.6 Å². The van der Waals surface area contributed by atoms with Crippen LogP contribution in [0.1, 0.15) is 34.7 Å². The van der Waals surface area contributed by atoms with Crippen LogP contribution in [-0.4, -0.2) is 24.7 Å². The number of hydrogen-bond donors (Lipinski definition) is 2. The Hall–Kier alpha value is -3.26. The van der Waals surface area contributed by atoms with Crippen molar-refractivity contribution in [3.05, 3.63) is 69.2 Å². The SMILES string of the molecule is CC(N)=C(c1ccc2c(c1)c(C)nn2C)c1nc(C)nc(NCc2cccs2)n1. The molecule has 148 valence electrons. The molecule has 0 saturated heterocycles. The Balaban J connectivity index is 1.74. The second kappa shape index (κ2) is 7.63. The summed E-state index contributed by atoms with van der Waals surface area (Å²) >= 11 is 1.69. The van der Waals surface area contributed by atoms with Crippen LogP contribution in [0, 0.1) is 13.8 Å². The van der Waals surface area contributed by atoms with Gasteiger partial charge < -0.3 is 11.1 Å². The lowest BCUT2D eigenvalue weighted by atomic mass is 10.0. The number of hydrogen-bond acceptors (Lipinski definition) is 7. The molecule has 0 aliphatic rings. The second-order valence-electron chi connectivity index (χ2n) is 6.96. The van der Waals surface area contributed by atoms with Gasteiger partial charge in [0.25, 0.3) is 0 Å². The second-order valence-corrected chi connectivity index (χ2v) is 7.99. The van der Waals surface area contributed by atoms with Crippen molar-refractivity contribution in [1.82, 2.24) is 24.7 Å². The summed E-state index contributed by atoms with van der Waals surface area (Å²) in [6.45, 7) is 6.40. The summed E-state index contributed by atoms with van der Waals surface area (Å²) in [6, 6.07) is 10.3. The average Bonchev–Trinajstić information content (AvgIpc) is 3.28. The Morgan fingerprint density at radius 2 is 2.00 bits per heavy atom. The van der Waals surface area contributed by atoms with Crippen LogP contribution in [0.25, 0.3) is 16.5 Å². The lowest BCUT2D eigenvalue weighted by Gasteiger charge is -2.12. The van der Waals surface area contributed by atoms with Crippen molar-refractivity contribution in [2.45, 2.75) is 27.3 Å². The van der Waals surface area contributed by atoms with Crippen molar-refractivity contribution in [2.75, 3.05) is 5.32 Å². The molecule has 29 heavy (non-hydrogen) atoms. The highest BCUT2D eigenvalue weighted by atomic mass is 32.1. The van der Waals surface area contributed by atoms with Crippen molar-refractivity contribution in [2.24, 2.45) is 12.8 Å². The molecule has 4 rings (SSSR count). The van der Waals surface area contributed by atoms with Crippen LogP contribution < -0.4 is 11.1 Å². The third-order valence-electron chi connectivity index (χ3n) is 4.69. The summed E-state index contributed by atoms with van der Waals surface area (Å²) in [5.74, 6) is 1.74. The van der Waals surface area contributed by atoms with Crippen LogP contribution in [0.5, 0.6) is 0 Å². The van der Waals surface area contributed by atoms with Crippen LogP contribution in [0.3, 0.4) is 0 Å². The molecule has 0 atom stereocenters. The molecule has 0 unspecified atom stereocenters. The van der Waals surface area contributed by atoms with Gasteiger partial charge in [-0.1, -0.05) is 12.1 Å². The summed E-state index contributed by atoms with van der Waals surface area (Å²) in [5.41, 5.74) is 10.7. The zero-order valence-electron chi connectivity index (χ0n) is 16.9. The van der Waals surface area contributed by atoms with E-state index in [2.05, 4.69) is 48.9 Å². The highest BCUT2D eigenvalue weighted by Crippen LogP contribution is 2.28. The van der Waals surface area contributed by atoms with E-state index in [0.717, 1.165) is 27.7 Å². The molecule has 0 bridgehead atoms. The zero-order valence-corrected chi connectivity index (χ0v) is 17.7. The average molecular weight is 406 g/mol. The third-order valence-corrected chi connectivity index (χ3v) is 5.57. The van der Waals surface area contributed by atoms with Gasteiger partial charge in [0.1, 0.15) is 5.82 Å². The van der Waals surface area contributed by atoms with Gasteiger partial charge in [-0.15, -0.1) is 11.3 Å². The number of anilines is 1. The predicted octanol–water partition coefficient (Wildman–Crippen LogP) is 3.79. The van der Waals surface area contributed by atoms with Gasteiger partial charge in [-0.25, -0.2) is 4.98 Å². The summed E-state index contributed by atoms with van der Waals surface area (Å²) in [4.78, 5) is 14.9. The molecule has 3 heterocycles. The van der Waals surface area contributed by atoms with Crippen molar-refractivity contribution < 1.29 is 0 Å². The van der Waals surface area contributed by atoms with E-state index in [1.54, 1.807) is 11.3 Å². The Labute approximate surface area is 173 Å². The highest BCUT2D eigenvalue weighted by Gasteiger charge is 2.16. The lowest BCUT2D eigenvalue weighted by molar-refractivity contribution is 0.783. The fraction of sp³-hybridized carbons (Fsp3) is 0.238. The van der Waals surface area contributed by atoms with E-state index < -0.39 is 0 Å². The third kappa shape index (κ3) is 3.84. The van der Waals surface area contributed by atoms with E-state index in [9.17, 15) is 0 Å². The van der Waals surface area contributed by atoms with Gasteiger partial charge in [-0.2, -0.15) is 15.1 Å². The molecule has 0 amide bonds. The Bertz CT molecular complexity index is 1200. The predicted molar refractivity (Wildman–Crippen MR) is 118 cm³/mol. The van der Waals surface area contributed by atoms with E-state index in [1.165, 1.54) is 4.88 Å². The quantitative estimate of drug-likeness (QED) is 0.525. The molecule has 0 radical (unpaired) electrons. The first-order chi connectivity index (χ1) is 13.9. The van der Waals surface area contributed by atoms with Crippen molar-refractivity contribution in [3.63, 3.8) is 0 Å². The van der Waals surface area contributed by atoms with Crippen LogP contribution in [0.15, 0.2) is 41.4 Å². The number of aryl methyl sites for hydroxylation is 3. The summed E-state index contributed by atoms with van der Waals surface area (Å²) in [6.07, 6.45) is 0. The van der Waals surface area contributed by atoms with Gasteiger partial charge >= 0.3 is 0 Å². The maximum Gasteiger partial charge on any atom is 0.226 e. The van der Waals surface area contributed by atoms with E-state index in [1.807, 2.05) is 44.6 Å². The monoisotopic (exact) mass is 405 g/mol. The number of rotatable bonds is 5. The Morgan fingerprint density at radius 1 is 1.17 bits per heavy atom. The minimum atomic E-state index is 0.540. The number of nitrogens with two attached hydrogens (primary N) is 1. The highest BCUT2D eigenvalue weighted by molar-refractivity contribution is 7.09.